The second-order valence-electron chi connectivity index (χ2n) is 3.30. The minimum atomic E-state index is -2.53. The van der Waals surface area contributed by atoms with Crippen LogP contribution in [0.25, 0.3) is 0 Å². The third-order valence-electron chi connectivity index (χ3n) is 2.53. The number of hydrogen-bond acceptors (Lipinski definition) is 2. The number of carboxylic acids is 1. The lowest BCUT2D eigenvalue weighted by atomic mass is 9.97. The average molecular weight is 193 g/mol. The summed E-state index contributed by atoms with van der Waals surface area (Å²) in [5.74, 6) is -3.02. The lowest BCUT2D eigenvalue weighted by Crippen LogP contribution is -2.27. The van der Waals surface area contributed by atoms with Crippen molar-refractivity contribution in [3.63, 3.8) is 0 Å². The SMILES string of the molecule is CCN1CC(C(=O)O)C(C(F)F)C1. The Bertz CT molecular complexity index is 199. The molecule has 1 heterocycles. The Hall–Kier alpha value is -0.710. The van der Waals surface area contributed by atoms with Gasteiger partial charge in [0.05, 0.1) is 5.92 Å². The summed E-state index contributed by atoms with van der Waals surface area (Å²) in [6, 6.07) is 0. The van der Waals surface area contributed by atoms with Crippen LogP contribution in [0, 0.1) is 11.8 Å². The van der Waals surface area contributed by atoms with E-state index in [1.165, 1.54) is 0 Å². The Morgan fingerprint density at radius 1 is 1.62 bits per heavy atom. The molecule has 1 aliphatic heterocycles. The van der Waals surface area contributed by atoms with E-state index in [1.54, 1.807) is 4.90 Å². The van der Waals surface area contributed by atoms with Crippen molar-refractivity contribution in [2.45, 2.75) is 13.3 Å². The van der Waals surface area contributed by atoms with Crippen LogP contribution < -0.4 is 0 Å². The molecule has 1 fully saturated rings. The second-order valence-corrected chi connectivity index (χ2v) is 3.30. The summed E-state index contributed by atoms with van der Waals surface area (Å²) < 4.78 is 24.7. The summed E-state index contributed by atoms with van der Waals surface area (Å²) in [5, 5.41) is 8.69. The average Bonchev–Trinajstić information content (AvgIpc) is 2.47. The molecule has 1 saturated heterocycles. The van der Waals surface area contributed by atoms with Crippen LogP contribution in [0.2, 0.25) is 0 Å². The highest BCUT2D eigenvalue weighted by Crippen LogP contribution is 2.28. The van der Waals surface area contributed by atoms with E-state index in [-0.39, 0.29) is 13.1 Å². The van der Waals surface area contributed by atoms with Crippen LogP contribution in [-0.4, -0.2) is 42.0 Å². The number of rotatable bonds is 3. The standard InChI is InChI=1S/C8H13F2NO2/c1-2-11-3-5(7(9)10)6(4-11)8(12)13/h5-7H,2-4H2,1H3,(H,12,13). The minimum Gasteiger partial charge on any atom is -0.481 e. The summed E-state index contributed by atoms with van der Waals surface area (Å²) in [5.41, 5.74) is 0. The van der Waals surface area contributed by atoms with Gasteiger partial charge in [0.25, 0.3) is 0 Å². The van der Waals surface area contributed by atoms with Gasteiger partial charge in [-0.1, -0.05) is 6.92 Å². The smallest absolute Gasteiger partial charge is 0.308 e. The van der Waals surface area contributed by atoms with Gasteiger partial charge in [-0.25, -0.2) is 8.78 Å². The lowest BCUT2D eigenvalue weighted by Gasteiger charge is -2.12. The quantitative estimate of drug-likeness (QED) is 0.724. The molecule has 1 rings (SSSR count). The summed E-state index contributed by atoms with van der Waals surface area (Å²) in [6.45, 7) is 2.92. The number of aliphatic carboxylic acids is 1. The number of carbonyl (C=O) groups is 1. The van der Waals surface area contributed by atoms with E-state index in [4.69, 9.17) is 5.11 Å². The number of hydrogen-bond donors (Lipinski definition) is 1. The molecule has 0 amide bonds. The highest BCUT2D eigenvalue weighted by Gasteiger charge is 2.41. The molecule has 2 atom stereocenters. The maximum Gasteiger partial charge on any atom is 0.308 e. The fourth-order valence-corrected chi connectivity index (χ4v) is 1.69. The maximum absolute atomic E-state index is 12.4. The van der Waals surface area contributed by atoms with Crippen LogP contribution >= 0.6 is 0 Å². The van der Waals surface area contributed by atoms with Crippen LogP contribution in [-0.2, 0) is 4.79 Å². The lowest BCUT2D eigenvalue weighted by molar-refractivity contribution is -0.144. The molecule has 3 nitrogen and oxygen atoms in total. The van der Waals surface area contributed by atoms with Crippen LogP contribution in [0.15, 0.2) is 0 Å². The molecule has 0 aromatic carbocycles. The molecule has 5 heteroatoms. The molecule has 0 radical (unpaired) electrons. The normalized spacial score (nSPS) is 29.8. The van der Waals surface area contributed by atoms with Gasteiger partial charge in [-0.05, 0) is 6.54 Å². The number of halogens is 2. The number of nitrogens with zero attached hydrogens (tertiary/aromatic N) is 1. The largest absolute Gasteiger partial charge is 0.481 e. The number of alkyl halides is 2. The summed E-state index contributed by atoms with van der Waals surface area (Å²) in [4.78, 5) is 12.4. The van der Waals surface area contributed by atoms with Crippen LogP contribution in [0.1, 0.15) is 6.92 Å². The van der Waals surface area contributed by atoms with Crippen molar-refractivity contribution in [2.24, 2.45) is 11.8 Å². The minimum absolute atomic E-state index is 0.200. The molecule has 1 N–H and O–H groups in total. The zero-order valence-corrected chi connectivity index (χ0v) is 7.41. The van der Waals surface area contributed by atoms with Gasteiger partial charge in [-0.15, -0.1) is 0 Å². The second kappa shape index (κ2) is 4.00. The molecule has 13 heavy (non-hydrogen) atoms. The van der Waals surface area contributed by atoms with E-state index in [9.17, 15) is 13.6 Å². The van der Waals surface area contributed by atoms with Gasteiger partial charge in [0.15, 0.2) is 0 Å². The molecule has 0 saturated carbocycles. The molecular formula is C8H13F2NO2. The van der Waals surface area contributed by atoms with E-state index >= 15 is 0 Å². The number of likely N-dealkylation sites (tertiary alicyclic amines) is 1. The molecule has 76 valence electrons. The van der Waals surface area contributed by atoms with Gasteiger partial charge < -0.3 is 10.0 Å². The Morgan fingerprint density at radius 3 is 2.54 bits per heavy atom. The summed E-state index contributed by atoms with van der Waals surface area (Å²) in [7, 11) is 0. The Labute approximate surface area is 75.3 Å². The van der Waals surface area contributed by atoms with Gasteiger partial charge in [0.1, 0.15) is 0 Å². The van der Waals surface area contributed by atoms with Crippen LogP contribution in [0.5, 0.6) is 0 Å². The molecule has 0 spiro atoms. The highest BCUT2D eigenvalue weighted by atomic mass is 19.3. The van der Waals surface area contributed by atoms with Crippen molar-refractivity contribution in [2.75, 3.05) is 19.6 Å². The first-order valence-electron chi connectivity index (χ1n) is 4.29. The first-order chi connectivity index (χ1) is 6.06. The Morgan fingerprint density at radius 2 is 2.23 bits per heavy atom. The first kappa shape index (κ1) is 10.4. The van der Waals surface area contributed by atoms with E-state index in [0.29, 0.717) is 6.54 Å². The maximum atomic E-state index is 12.4. The van der Waals surface area contributed by atoms with E-state index in [1.807, 2.05) is 6.92 Å². The molecule has 0 bridgehead atoms. The monoisotopic (exact) mass is 193 g/mol. The Kier molecular flexibility index (Phi) is 3.19. The molecule has 1 aliphatic rings. The topological polar surface area (TPSA) is 40.5 Å². The van der Waals surface area contributed by atoms with Gasteiger partial charge in [-0.2, -0.15) is 0 Å². The van der Waals surface area contributed by atoms with Crippen molar-refractivity contribution in [1.82, 2.24) is 4.90 Å². The van der Waals surface area contributed by atoms with Crippen molar-refractivity contribution in [3.05, 3.63) is 0 Å². The third-order valence-corrected chi connectivity index (χ3v) is 2.53. The van der Waals surface area contributed by atoms with Crippen molar-refractivity contribution < 1.29 is 18.7 Å². The fourth-order valence-electron chi connectivity index (χ4n) is 1.69. The summed E-state index contributed by atoms with van der Waals surface area (Å²) in [6.07, 6.45) is -2.53. The molecule has 0 aliphatic carbocycles. The van der Waals surface area contributed by atoms with E-state index < -0.39 is 24.2 Å². The van der Waals surface area contributed by atoms with Gasteiger partial charge >= 0.3 is 5.97 Å². The molecular weight excluding hydrogens is 180 g/mol. The zero-order chi connectivity index (χ0) is 10.0. The highest BCUT2D eigenvalue weighted by molar-refractivity contribution is 5.71. The van der Waals surface area contributed by atoms with Gasteiger partial charge in [0.2, 0.25) is 6.43 Å². The van der Waals surface area contributed by atoms with Gasteiger partial charge in [-0.3, -0.25) is 4.79 Å². The number of carboxylic acid groups (broad SMARTS) is 1. The third kappa shape index (κ3) is 2.15. The van der Waals surface area contributed by atoms with Crippen molar-refractivity contribution >= 4 is 5.97 Å². The van der Waals surface area contributed by atoms with E-state index in [2.05, 4.69) is 0 Å². The van der Waals surface area contributed by atoms with Crippen molar-refractivity contribution in [1.29, 1.82) is 0 Å². The van der Waals surface area contributed by atoms with Gasteiger partial charge in [0, 0.05) is 19.0 Å². The predicted octanol–water partition coefficient (Wildman–Crippen LogP) is 0.904. The fraction of sp³-hybridized carbons (Fsp3) is 0.875. The van der Waals surface area contributed by atoms with E-state index in [0.717, 1.165) is 0 Å². The van der Waals surface area contributed by atoms with Crippen LogP contribution in [0.3, 0.4) is 0 Å². The molecule has 2 unspecified atom stereocenters. The van der Waals surface area contributed by atoms with Crippen LogP contribution in [0.4, 0.5) is 8.78 Å². The predicted molar refractivity (Wildman–Crippen MR) is 42.7 cm³/mol. The molecule has 0 aromatic heterocycles. The zero-order valence-electron chi connectivity index (χ0n) is 7.41. The van der Waals surface area contributed by atoms with Crippen molar-refractivity contribution in [3.8, 4) is 0 Å². The Balaban J connectivity index is 2.65. The molecule has 0 aromatic rings. The summed E-state index contributed by atoms with van der Waals surface area (Å²) >= 11 is 0. The first-order valence-corrected chi connectivity index (χ1v) is 4.29.